The fourth-order valence-electron chi connectivity index (χ4n) is 4.81. The van der Waals surface area contributed by atoms with Gasteiger partial charge in [-0.1, -0.05) is 19.9 Å². The monoisotopic (exact) mass is 389 g/mol. The van der Waals surface area contributed by atoms with E-state index in [9.17, 15) is 9.59 Å². The van der Waals surface area contributed by atoms with Crippen molar-refractivity contribution in [2.45, 2.75) is 58.4 Å². The number of imide groups is 1. The Bertz CT molecular complexity index is 706. The van der Waals surface area contributed by atoms with E-state index in [0.717, 1.165) is 25.1 Å². The second kappa shape index (κ2) is 9.41. The van der Waals surface area contributed by atoms with Crippen LogP contribution in [0.4, 0.5) is 4.79 Å². The molecule has 3 rings (SSSR count). The first-order chi connectivity index (χ1) is 13.4. The lowest BCUT2D eigenvalue weighted by molar-refractivity contribution is -0.122. The van der Waals surface area contributed by atoms with Gasteiger partial charge >= 0.3 is 6.03 Å². The Morgan fingerprint density at radius 1 is 1.25 bits per heavy atom. The van der Waals surface area contributed by atoms with Crippen LogP contribution in [0.3, 0.4) is 0 Å². The number of ether oxygens (including phenoxy) is 1. The number of carbonyl (C=O) groups excluding carboxylic acids is 2. The molecule has 0 aromatic heterocycles. The highest BCUT2D eigenvalue weighted by atomic mass is 16.5. The molecular weight excluding hydrogens is 354 g/mol. The van der Waals surface area contributed by atoms with Crippen LogP contribution in [0.15, 0.2) is 18.2 Å². The van der Waals surface area contributed by atoms with Gasteiger partial charge in [0.2, 0.25) is 5.91 Å². The third kappa shape index (κ3) is 4.32. The van der Waals surface area contributed by atoms with E-state index in [1.54, 1.807) is 7.11 Å². The summed E-state index contributed by atoms with van der Waals surface area (Å²) in [5.74, 6) is 0.851. The maximum absolute atomic E-state index is 12.7. The molecule has 0 spiro atoms. The number of methoxy groups -OCH3 is 1. The summed E-state index contributed by atoms with van der Waals surface area (Å²) in [5, 5.41) is 5.30. The van der Waals surface area contributed by atoms with Gasteiger partial charge in [0.1, 0.15) is 5.75 Å². The number of aryl methyl sites for hydroxylation is 1. The molecule has 1 aromatic rings. The summed E-state index contributed by atoms with van der Waals surface area (Å²) in [6.07, 6.45) is 2.04. The maximum atomic E-state index is 12.7. The first kappa shape index (κ1) is 22.2. The molecule has 0 saturated carbocycles. The molecule has 3 amide bonds. The Morgan fingerprint density at radius 2 is 1.96 bits per heavy atom. The minimum Gasteiger partial charge on any atom is -0.497 e. The predicted molar refractivity (Wildman–Crippen MR) is 112 cm³/mol. The average Bonchev–Trinajstić information content (AvgIpc) is 2.74. The lowest BCUT2D eigenvalue weighted by Gasteiger charge is -2.51. The van der Waals surface area contributed by atoms with Crippen molar-refractivity contribution in [2.75, 3.05) is 27.2 Å². The lowest BCUT2D eigenvalue weighted by Crippen LogP contribution is -2.55. The number of piperidine rings is 1. The Balaban J connectivity index is 0.00000136. The van der Waals surface area contributed by atoms with Crippen LogP contribution < -0.4 is 15.4 Å². The fourth-order valence-corrected chi connectivity index (χ4v) is 4.81. The Hall–Kier alpha value is -2.08. The van der Waals surface area contributed by atoms with Crippen molar-refractivity contribution in [3.63, 3.8) is 0 Å². The van der Waals surface area contributed by atoms with E-state index in [0.29, 0.717) is 19.0 Å². The number of fused-ring (bicyclic) bond motifs is 1. The van der Waals surface area contributed by atoms with Gasteiger partial charge in [0, 0.05) is 24.4 Å². The zero-order valence-corrected chi connectivity index (χ0v) is 18.1. The number of nitrogens with zero attached hydrogens (tertiary/aromatic N) is 1. The molecule has 1 aromatic carbocycles. The molecule has 2 N–H and O–H groups in total. The summed E-state index contributed by atoms with van der Waals surface area (Å²) in [7, 11) is 3.80. The van der Waals surface area contributed by atoms with Crippen LogP contribution >= 0.6 is 0 Å². The van der Waals surface area contributed by atoms with Crippen molar-refractivity contribution in [1.82, 2.24) is 15.5 Å². The maximum Gasteiger partial charge on any atom is 0.321 e. The number of nitrogens with one attached hydrogen (secondary N) is 2. The second-order valence-corrected chi connectivity index (χ2v) is 7.68. The number of hydrogen-bond acceptors (Lipinski definition) is 4. The quantitative estimate of drug-likeness (QED) is 0.815. The number of rotatable bonds is 2. The van der Waals surface area contributed by atoms with E-state index in [1.165, 1.54) is 11.1 Å². The molecule has 156 valence electrons. The first-order valence-corrected chi connectivity index (χ1v) is 10.3. The summed E-state index contributed by atoms with van der Waals surface area (Å²) in [6.45, 7) is 9.80. The number of hydrogen-bond donors (Lipinski definition) is 2. The van der Waals surface area contributed by atoms with Crippen LogP contribution in [0.2, 0.25) is 0 Å². The van der Waals surface area contributed by atoms with Crippen molar-refractivity contribution < 1.29 is 14.3 Å². The Morgan fingerprint density at radius 3 is 2.64 bits per heavy atom. The average molecular weight is 390 g/mol. The highest BCUT2D eigenvalue weighted by Crippen LogP contribution is 2.48. The molecule has 2 aliphatic rings. The number of likely N-dealkylation sites (tertiary alicyclic amines) is 1. The van der Waals surface area contributed by atoms with Gasteiger partial charge in [-0.15, -0.1) is 0 Å². The Labute approximate surface area is 169 Å². The summed E-state index contributed by atoms with van der Waals surface area (Å²) in [4.78, 5) is 26.9. The van der Waals surface area contributed by atoms with Crippen molar-refractivity contribution in [3.05, 3.63) is 29.3 Å². The van der Waals surface area contributed by atoms with Crippen LogP contribution in [0.25, 0.3) is 0 Å². The lowest BCUT2D eigenvalue weighted by atomic mass is 9.59. The van der Waals surface area contributed by atoms with E-state index in [-0.39, 0.29) is 17.2 Å². The van der Waals surface area contributed by atoms with Gasteiger partial charge in [-0.05, 0) is 69.5 Å². The van der Waals surface area contributed by atoms with Gasteiger partial charge in [0.25, 0.3) is 0 Å². The molecule has 0 radical (unpaired) electrons. The molecule has 2 unspecified atom stereocenters. The second-order valence-electron chi connectivity index (χ2n) is 7.68. The largest absolute Gasteiger partial charge is 0.497 e. The van der Waals surface area contributed by atoms with Crippen LogP contribution in [0.1, 0.15) is 51.2 Å². The highest BCUT2D eigenvalue weighted by molar-refractivity contribution is 5.95. The molecule has 0 aliphatic carbocycles. The van der Waals surface area contributed by atoms with Gasteiger partial charge in [-0.3, -0.25) is 10.1 Å². The molecular formula is C22H35N3O3. The number of amides is 3. The standard InChI is InChI=1S/C20H29N3O3.C2H6/c1-13-5-6-15(26-4)11-17(13)20-8-10-23(3)14(2)16(20)7-9-21-19(25)22-18(24)12-20;1-2/h5-6,11,14,16H,7-10,12H2,1-4H3,(H2,21,22,24,25);1-2H3/t14?,16?,20-;/m0./s1. The molecule has 2 fully saturated rings. The number of urea groups is 1. The summed E-state index contributed by atoms with van der Waals surface area (Å²) in [6, 6.07) is 6.03. The van der Waals surface area contributed by atoms with E-state index in [2.05, 4.69) is 48.6 Å². The van der Waals surface area contributed by atoms with Gasteiger partial charge < -0.3 is 15.0 Å². The summed E-state index contributed by atoms with van der Waals surface area (Å²) >= 11 is 0. The zero-order valence-electron chi connectivity index (χ0n) is 18.1. The van der Waals surface area contributed by atoms with Crippen LogP contribution in [-0.4, -0.2) is 50.1 Å². The molecule has 28 heavy (non-hydrogen) atoms. The fraction of sp³-hybridized carbons (Fsp3) is 0.636. The molecule has 6 nitrogen and oxygen atoms in total. The van der Waals surface area contributed by atoms with Crippen LogP contribution in [0, 0.1) is 12.8 Å². The third-order valence-electron chi connectivity index (χ3n) is 6.35. The van der Waals surface area contributed by atoms with Gasteiger partial charge in [0.05, 0.1) is 7.11 Å². The summed E-state index contributed by atoms with van der Waals surface area (Å²) < 4.78 is 5.47. The van der Waals surface area contributed by atoms with Gasteiger partial charge in [-0.25, -0.2) is 4.79 Å². The van der Waals surface area contributed by atoms with Crippen LogP contribution in [0.5, 0.6) is 5.75 Å². The van der Waals surface area contributed by atoms with E-state index in [4.69, 9.17) is 4.74 Å². The summed E-state index contributed by atoms with van der Waals surface area (Å²) in [5.41, 5.74) is 2.03. The number of carbonyl (C=O) groups is 2. The van der Waals surface area contributed by atoms with Crippen molar-refractivity contribution >= 4 is 11.9 Å². The molecule has 3 atom stereocenters. The first-order valence-electron chi connectivity index (χ1n) is 10.3. The van der Waals surface area contributed by atoms with E-state index < -0.39 is 6.03 Å². The van der Waals surface area contributed by atoms with Gasteiger partial charge in [0.15, 0.2) is 0 Å². The smallest absolute Gasteiger partial charge is 0.321 e. The highest BCUT2D eigenvalue weighted by Gasteiger charge is 2.49. The normalized spacial score (nSPS) is 28.4. The number of benzene rings is 1. The van der Waals surface area contributed by atoms with E-state index >= 15 is 0 Å². The van der Waals surface area contributed by atoms with Crippen molar-refractivity contribution in [1.29, 1.82) is 0 Å². The molecule has 6 heteroatoms. The Kier molecular flexibility index (Phi) is 7.47. The minimum atomic E-state index is -0.396. The van der Waals surface area contributed by atoms with E-state index in [1.807, 2.05) is 19.9 Å². The zero-order chi connectivity index (χ0) is 20.9. The van der Waals surface area contributed by atoms with Crippen LogP contribution in [-0.2, 0) is 10.2 Å². The molecule has 0 bridgehead atoms. The predicted octanol–water partition coefficient (Wildman–Crippen LogP) is 3.23. The van der Waals surface area contributed by atoms with Crippen molar-refractivity contribution in [2.24, 2.45) is 5.92 Å². The molecule has 2 heterocycles. The molecule has 2 saturated heterocycles. The van der Waals surface area contributed by atoms with Gasteiger partial charge in [-0.2, -0.15) is 0 Å². The SMILES string of the molecule is CC.COc1ccc(C)c([C@]23CCN(C)C(C)C2CCNC(=O)NC(=O)C3)c1. The molecule has 2 aliphatic heterocycles. The topological polar surface area (TPSA) is 70.7 Å². The van der Waals surface area contributed by atoms with Crippen molar-refractivity contribution in [3.8, 4) is 5.75 Å². The third-order valence-corrected chi connectivity index (χ3v) is 6.35. The minimum absolute atomic E-state index is 0.214.